The topological polar surface area (TPSA) is 17.1 Å². The molecule has 0 saturated carbocycles. The van der Waals surface area contributed by atoms with E-state index in [0.717, 1.165) is 17.5 Å². The Bertz CT molecular complexity index is 337. The van der Waals surface area contributed by atoms with Gasteiger partial charge in [-0.15, -0.1) is 0 Å². The molecule has 0 amide bonds. The number of carbonyl (C=O) groups is 1. The molecule has 0 spiro atoms. The highest BCUT2D eigenvalue weighted by molar-refractivity contribution is 5.97. The van der Waals surface area contributed by atoms with E-state index in [1.807, 2.05) is 26.8 Å². The van der Waals surface area contributed by atoms with Crippen molar-refractivity contribution in [2.75, 3.05) is 0 Å². The number of benzene rings is 1. The van der Waals surface area contributed by atoms with Crippen molar-refractivity contribution >= 4 is 5.78 Å². The first-order chi connectivity index (χ1) is 7.07. The normalized spacial score (nSPS) is 9.20. The summed E-state index contributed by atoms with van der Waals surface area (Å²) in [5.74, 6) is 0.179. The highest BCUT2D eigenvalue weighted by Gasteiger charge is 2.10. The molecule has 0 aliphatic carbocycles. The molecule has 0 fully saturated rings. The molecular formula is C14H22O. The van der Waals surface area contributed by atoms with Gasteiger partial charge in [-0.1, -0.05) is 32.9 Å². The fraction of sp³-hybridized carbons (Fsp3) is 0.500. The summed E-state index contributed by atoms with van der Waals surface area (Å²) in [6.45, 7) is 11.8. The first kappa shape index (κ1) is 13.9. The number of Topliss-reactive ketones (excluding diaryl/α,β-unsaturated/α-hetero) is 1. The van der Waals surface area contributed by atoms with Crippen molar-refractivity contribution in [2.45, 2.75) is 48.0 Å². The highest BCUT2D eigenvalue weighted by atomic mass is 16.1. The van der Waals surface area contributed by atoms with E-state index in [1.165, 1.54) is 11.1 Å². The number of aryl methyl sites for hydroxylation is 2. The van der Waals surface area contributed by atoms with Crippen LogP contribution in [0.3, 0.4) is 0 Å². The lowest BCUT2D eigenvalue weighted by Crippen LogP contribution is -2.03. The molecule has 0 atom stereocenters. The Morgan fingerprint density at radius 1 is 1.13 bits per heavy atom. The van der Waals surface area contributed by atoms with Crippen molar-refractivity contribution in [1.29, 1.82) is 0 Å². The summed E-state index contributed by atoms with van der Waals surface area (Å²) in [4.78, 5) is 11.4. The predicted molar refractivity (Wildman–Crippen MR) is 66.6 cm³/mol. The van der Waals surface area contributed by atoms with Crippen LogP contribution >= 0.6 is 0 Å². The van der Waals surface area contributed by atoms with Gasteiger partial charge in [0.25, 0.3) is 0 Å². The summed E-state index contributed by atoms with van der Waals surface area (Å²) in [7, 11) is 0. The van der Waals surface area contributed by atoms with Gasteiger partial charge in [0, 0.05) is 5.56 Å². The standard InChI is InChI=1S/C12H16O.C2H6/c1-5-11-8(2)6-7-9(3)12(11)10(4)13;1-2/h6-7H,5H2,1-4H3;1-2H3. The average molecular weight is 206 g/mol. The molecule has 0 aliphatic rings. The van der Waals surface area contributed by atoms with Gasteiger partial charge in [0.1, 0.15) is 0 Å². The molecule has 0 aromatic heterocycles. The summed E-state index contributed by atoms with van der Waals surface area (Å²) < 4.78 is 0. The van der Waals surface area contributed by atoms with Crippen LogP contribution in [0.4, 0.5) is 0 Å². The lowest BCUT2D eigenvalue weighted by Gasteiger charge is -2.11. The Kier molecular flexibility index (Phi) is 5.92. The van der Waals surface area contributed by atoms with Gasteiger partial charge in [-0.2, -0.15) is 0 Å². The van der Waals surface area contributed by atoms with Gasteiger partial charge < -0.3 is 0 Å². The van der Waals surface area contributed by atoms with E-state index in [4.69, 9.17) is 0 Å². The van der Waals surface area contributed by atoms with Crippen LogP contribution < -0.4 is 0 Å². The second kappa shape index (κ2) is 6.39. The summed E-state index contributed by atoms with van der Waals surface area (Å²) in [6, 6.07) is 4.10. The molecule has 84 valence electrons. The van der Waals surface area contributed by atoms with Crippen molar-refractivity contribution in [3.8, 4) is 0 Å². The maximum atomic E-state index is 11.4. The lowest BCUT2D eigenvalue weighted by molar-refractivity contribution is 0.101. The zero-order valence-corrected chi connectivity index (χ0v) is 10.8. The maximum Gasteiger partial charge on any atom is 0.160 e. The van der Waals surface area contributed by atoms with Crippen molar-refractivity contribution in [2.24, 2.45) is 0 Å². The van der Waals surface area contributed by atoms with E-state index in [0.29, 0.717) is 0 Å². The minimum atomic E-state index is 0.179. The summed E-state index contributed by atoms with van der Waals surface area (Å²) in [5, 5.41) is 0. The van der Waals surface area contributed by atoms with Gasteiger partial charge in [0.15, 0.2) is 5.78 Å². The van der Waals surface area contributed by atoms with E-state index < -0.39 is 0 Å². The molecule has 0 N–H and O–H groups in total. The highest BCUT2D eigenvalue weighted by Crippen LogP contribution is 2.19. The van der Waals surface area contributed by atoms with Gasteiger partial charge in [-0.3, -0.25) is 4.79 Å². The minimum absolute atomic E-state index is 0.179. The third-order valence-corrected chi connectivity index (χ3v) is 2.46. The van der Waals surface area contributed by atoms with E-state index in [-0.39, 0.29) is 5.78 Å². The molecule has 0 aliphatic heterocycles. The van der Waals surface area contributed by atoms with E-state index in [9.17, 15) is 4.79 Å². The molecule has 1 aromatic carbocycles. The van der Waals surface area contributed by atoms with E-state index in [1.54, 1.807) is 6.92 Å². The summed E-state index contributed by atoms with van der Waals surface area (Å²) in [5.41, 5.74) is 4.43. The number of hydrogen-bond donors (Lipinski definition) is 0. The van der Waals surface area contributed by atoms with Gasteiger partial charge in [-0.05, 0) is 43.9 Å². The maximum absolute atomic E-state index is 11.4. The molecule has 0 bridgehead atoms. The number of ketones is 1. The van der Waals surface area contributed by atoms with Crippen molar-refractivity contribution < 1.29 is 4.79 Å². The molecular weight excluding hydrogens is 184 g/mol. The quantitative estimate of drug-likeness (QED) is 0.666. The van der Waals surface area contributed by atoms with E-state index >= 15 is 0 Å². The second-order valence-corrected chi connectivity index (χ2v) is 3.46. The van der Waals surface area contributed by atoms with Crippen molar-refractivity contribution in [1.82, 2.24) is 0 Å². The van der Waals surface area contributed by atoms with Crippen molar-refractivity contribution in [3.63, 3.8) is 0 Å². The Morgan fingerprint density at radius 3 is 1.93 bits per heavy atom. The molecule has 1 nitrogen and oxygen atoms in total. The molecule has 1 aromatic rings. The SMILES string of the molecule is CC.CCc1c(C)ccc(C)c1C(C)=O. The Labute approximate surface area is 93.5 Å². The predicted octanol–water partition coefficient (Wildman–Crippen LogP) is 4.09. The van der Waals surface area contributed by atoms with Gasteiger partial charge in [-0.25, -0.2) is 0 Å². The summed E-state index contributed by atoms with van der Waals surface area (Å²) >= 11 is 0. The molecule has 15 heavy (non-hydrogen) atoms. The molecule has 1 rings (SSSR count). The number of hydrogen-bond acceptors (Lipinski definition) is 1. The molecule has 0 heterocycles. The fourth-order valence-corrected chi connectivity index (χ4v) is 1.81. The van der Waals surface area contributed by atoms with Crippen molar-refractivity contribution in [3.05, 3.63) is 34.4 Å². The summed E-state index contributed by atoms with van der Waals surface area (Å²) in [6.07, 6.45) is 0.933. The van der Waals surface area contributed by atoms with Crippen LogP contribution in [-0.2, 0) is 6.42 Å². The molecule has 1 heteroatoms. The largest absolute Gasteiger partial charge is 0.294 e. The van der Waals surface area contributed by atoms with Crippen LogP contribution in [0.5, 0.6) is 0 Å². The van der Waals surface area contributed by atoms with Crippen LogP contribution in [0, 0.1) is 13.8 Å². The minimum Gasteiger partial charge on any atom is -0.294 e. The molecule has 0 unspecified atom stereocenters. The fourth-order valence-electron chi connectivity index (χ4n) is 1.81. The Balaban J connectivity index is 0.000000921. The Hall–Kier alpha value is -1.11. The van der Waals surface area contributed by atoms with E-state index in [2.05, 4.69) is 19.9 Å². The third-order valence-electron chi connectivity index (χ3n) is 2.46. The van der Waals surface area contributed by atoms with Gasteiger partial charge >= 0.3 is 0 Å². The van der Waals surface area contributed by atoms with Crippen LogP contribution in [-0.4, -0.2) is 5.78 Å². The zero-order chi connectivity index (χ0) is 12.0. The number of rotatable bonds is 2. The Morgan fingerprint density at radius 2 is 1.60 bits per heavy atom. The third kappa shape index (κ3) is 3.19. The zero-order valence-electron chi connectivity index (χ0n) is 10.8. The average Bonchev–Trinajstić information content (AvgIpc) is 2.23. The monoisotopic (exact) mass is 206 g/mol. The van der Waals surface area contributed by atoms with Crippen LogP contribution in [0.2, 0.25) is 0 Å². The second-order valence-electron chi connectivity index (χ2n) is 3.46. The lowest BCUT2D eigenvalue weighted by atomic mass is 9.93. The first-order valence-corrected chi connectivity index (χ1v) is 5.68. The molecule has 0 radical (unpaired) electrons. The van der Waals surface area contributed by atoms with Gasteiger partial charge in [0.2, 0.25) is 0 Å². The smallest absolute Gasteiger partial charge is 0.160 e. The van der Waals surface area contributed by atoms with Crippen LogP contribution in [0.1, 0.15) is 54.7 Å². The van der Waals surface area contributed by atoms with Crippen LogP contribution in [0.15, 0.2) is 12.1 Å². The first-order valence-electron chi connectivity index (χ1n) is 5.68. The van der Waals surface area contributed by atoms with Gasteiger partial charge in [0.05, 0.1) is 0 Å². The molecule has 0 saturated heterocycles. The number of carbonyl (C=O) groups excluding carboxylic acids is 1. The van der Waals surface area contributed by atoms with Crippen LogP contribution in [0.25, 0.3) is 0 Å².